The Bertz CT molecular complexity index is 1080. The van der Waals surface area contributed by atoms with E-state index >= 15 is 0 Å². The minimum absolute atomic E-state index is 0.0650. The zero-order chi connectivity index (χ0) is 21.8. The van der Waals surface area contributed by atoms with Crippen LogP contribution in [0.5, 0.6) is 0 Å². The number of anilines is 1. The summed E-state index contributed by atoms with van der Waals surface area (Å²) in [5.74, 6) is 0.824. The Balaban J connectivity index is 1.63. The number of amides is 1. The lowest BCUT2D eigenvalue weighted by Crippen LogP contribution is -2.41. The molecule has 2 aromatic heterocycles. The van der Waals surface area contributed by atoms with Crippen molar-refractivity contribution >= 4 is 11.9 Å². The number of hydrogen-bond donors (Lipinski definition) is 0. The molecule has 31 heavy (non-hydrogen) atoms. The molecule has 1 aromatic carbocycles. The summed E-state index contributed by atoms with van der Waals surface area (Å²) in [5.41, 5.74) is 3.48. The van der Waals surface area contributed by atoms with Crippen molar-refractivity contribution in [1.29, 1.82) is 5.26 Å². The Morgan fingerprint density at radius 2 is 2.10 bits per heavy atom. The number of aromatic nitrogens is 4. The second-order valence-electron chi connectivity index (χ2n) is 7.94. The fourth-order valence-corrected chi connectivity index (χ4v) is 3.92. The molecule has 3 aromatic rings. The first-order valence-electron chi connectivity index (χ1n) is 10.3. The van der Waals surface area contributed by atoms with Crippen LogP contribution in [-0.4, -0.2) is 57.7 Å². The number of likely N-dealkylation sites (tertiary alicyclic amines) is 1. The van der Waals surface area contributed by atoms with Gasteiger partial charge in [-0.25, -0.2) is 9.97 Å². The van der Waals surface area contributed by atoms with Gasteiger partial charge >= 0.3 is 0 Å². The first-order chi connectivity index (χ1) is 15.0. The molecule has 3 heterocycles. The highest BCUT2D eigenvalue weighted by molar-refractivity contribution is 5.76. The second-order valence-corrected chi connectivity index (χ2v) is 7.94. The molecule has 8 nitrogen and oxygen atoms in total. The van der Waals surface area contributed by atoms with E-state index in [0.717, 1.165) is 36.2 Å². The second kappa shape index (κ2) is 8.96. The third kappa shape index (κ3) is 4.56. The van der Waals surface area contributed by atoms with E-state index in [0.29, 0.717) is 18.1 Å². The number of piperidine rings is 1. The minimum Gasteiger partial charge on any atom is -0.347 e. The Hall–Kier alpha value is -3.73. The van der Waals surface area contributed by atoms with Crippen LogP contribution in [0.1, 0.15) is 30.0 Å². The van der Waals surface area contributed by atoms with Gasteiger partial charge in [-0.1, -0.05) is 12.1 Å². The molecule has 0 N–H and O–H groups in total. The van der Waals surface area contributed by atoms with Crippen molar-refractivity contribution in [2.24, 2.45) is 0 Å². The molecule has 1 amide bonds. The van der Waals surface area contributed by atoms with Crippen LogP contribution in [0.15, 0.2) is 48.9 Å². The van der Waals surface area contributed by atoms with Crippen molar-refractivity contribution in [3.63, 3.8) is 0 Å². The van der Waals surface area contributed by atoms with Gasteiger partial charge in [-0.2, -0.15) is 10.4 Å². The van der Waals surface area contributed by atoms with Gasteiger partial charge in [0.25, 0.3) is 0 Å². The maximum atomic E-state index is 12.8. The molecule has 1 aliphatic rings. The van der Waals surface area contributed by atoms with Crippen LogP contribution < -0.4 is 4.90 Å². The van der Waals surface area contributed by atoms with Gasteiger partial charge in [0, 0.05) is 57.3 Å². The number of carbonyl (C=O) groups is 1. The van der Waals surface area contributed by atoms with E-state index in [4.69, 9.17) is 10.2 Å². The van der Waals surface area contributed by atoms with Gasteiger partial charge in [0.1, 0.15) is 6.54 Å². The normalized spacial score (nSPS) is 16.0. The van der Waals surface area contributed by atoms with Gasteiger partial charge in [0.2, 0.25) is 11.9 Å². The first-order valence-corrected chi connectivity index (χ1v) is 10.3. The molecule has 1 fully saturated rings. The monoisotopic (exact) mass is 415 g/mol. The topological polar surface area (TPSA) is 90.9 Å². The predicted molar refractivity (Wildman–Crippen MR) is 117 cm³/mol. The third-order valence-electron chi connectivity index (χ3n) is 5.55. The van der Waals surface area contributed by atoms with E-state index in [-0.39, 0.29) is 18.4 Å². The summed E-state index contributed by atoms with van der Waals surface area (Å²) in [6.07, 6.45) is 7.21. The van der Waals surface area contributed by atoms with Crippen LogP contribution in [0.4, 0.5) is 5.95 Å². The molecule has 1 atom stereocenters. The highest BCUT2D eigenvalue weighted by atomic mass is 16.2. The maximum Gasteiger partial charge on any atom is 0.244 e. The standard InChI is InChI=1S/C23H25N7O/c1-28(2)23-25-14-20(18-8-6-17(13-24)7-9-18)22(27-23)19-5-3-11-29(15-19)21(31)16-30-12-4-10-26-30/h4,6-10,12,14,19H,3,5,11,15-16H2,1-2H3/t19-/m1/s1. The van der Waals surface area contributed by atoms with Gasteiger partial charge < -0.3 is 9.80 Å². The summed E-state index contributed by atoms with van der Waals surface area (Å²) in [4.78, 5) is 26.0. The summed E-state index contributed by atoms with van der Waals surface area (Å²) < 4.78 is 1.66. The summed E-state index contributed by atoms with van der Waals surface area (Å²) in [6, 6.07) is 11.4. The van der Waals surface area contributed by atoms with E-state index in [1.165, 1.54) is 0 Å². The molecule has 0 aliphatic carbocycles. The van der Waals surface area contributed by atoms with Crippen LogP contribution in [-0.2, 0) is 11.3 Å². The van der Waals surface area contributed by atoms with Gasteiger partial charge in [-0.05, 0) is 36.6 Å². The molecule has 0 unspecified atom stereocenters. The molecule has 1 saturated heterocycles. The smallest absolute Gasteiger partial charge is 0.244 e. The van der Waals surface area contributed by atoms with Gasteiger partial charge in [-0.15, -0.1) is 0 Å². The van der Waals surface area contributed by atoms with Crippen LogP contribution in [0, 0.1) is 11.3 Å². The fourth-order valence-electron chi connectivity index (χ4n) is 3.92. The molecular formula is C23H25N7O. The maximum absolute atomic E-state index is 12.8. The van der Waals surface area contributed by atoms with Gasteiger partial charge in [0.15, 0.2) is 0 Å². The summed E-state index contributed by atoms with van der Waals surface area (Å²) >= 11 is 0. The Morgan fingerprint density at radius 3 is 2.77 bits per heavy atom. The number of hydrogen-bond acceptors (Lipinski definition) is 6. The molecule has 4 rings (SSSR count). The zero-order valence-electron chi connectivity index (χ0n) is 17.8. The van der Waals surface area contributed by atoms with E-state index in [2.05, 4.69) is 16.2 Å². The SMILES string of the molecule is CN(C)c1ncc(-c2ccc(C#N)cc2)c([C@@H]2CCCN(C(=O)Cn3cccn3)C2)n1. The largest absolute Gasteiger partial charge is 0.347 e. The van der Waals surface area contributed by atoms with Gasteiger partial charge in [-0.3, -0.25) is 9.48 Å². The molecule has 1 aliphatic heterocycles. The molecule has 0 radical (unpaired) electrons. The summed E-state index contributed by atoms with van der Waals surface area (Å²) in [5, 5.41) is 13.3. The fraction of sp³-hybridized carbons (Fsp3) is 0.348. The Morgan fingerprint density at radius 1 is 1.29 bits per heavy atom. The number of carbonyl (C=O) groups excluding carboxylic acids is 1. The summed E-state index contributed by atoms with van der Waals surface area (Å²) in [7, 11) is 3.84. The average molecular weight is 416 g/mol. The van der Waals surface area contributed by atoms with E-state index in [1.54, 1.807) is 29.2 Å². The van der Waals surface area contributed by atoms with E-state index in [9.17, 15) is 4.79 Å². The molecule has 0 saturated carbocycles. The molecule has 158 valence electrons. The first kappa shape index (κ1) is 20.5. The van der Waals surface area contributed by atoms with Crippen LogP contribution in [0.3, 0.4) is 0 Å². The predicted octanol–water partition coefficient (Wildman–Crippen LogP) is 2.68. The van der Waals surface area contributed by atoms with Crippen LogP contribution >= 0.6 is 0 Å². The van der Waals surface area contributed by atoms with Gasteiger partial charge in [0.05, 0.1) is 17.3 Å². The Kier molecular flexibility index (Phi) is 5.94. The van der Waals surface area contributed by atoms with E-state index in [1.807, 2.05) is 48.3 Å². The van der Waals surface area contributed by atoms with Crippen molar-refractivity contribution in [3.8, 4) is 17.2 Å². The molecule has 0 bridgehead atoms. The highest BCUT2D eigenvalue weighted by Crippen LogP contribution is 2.34. The molecule has 0 spiro atoms. The highest BCUT2D eigenvalue weighted by Gasteiger charge is 2.28. The third-order valence-corrected chi connectivity index (χ3v) is 5.55. The summed E-state index contributed by atoms with van der Waals surface area (Å²) in [6.45, 7) is 1.61. The average Bonchev–Trinajstić information content (AvgIpc) is 3.32. The number of benzene rings is 1. The van der Waals surface area contributed by atoms with Crippen molar-refractivity contribution < 1.29 is 4.79 Å². The quantitative estimate of drug-likeness (QED) is 0.636. The van der Waals surface area contributed by atoms with Crippen molar-refractivity contribution in [3.05, 3.63) is 60.2 Å². The molecule has 8 heteroatoms. The minimum atomic E-state index is 0.0650. The number of rotatable bonds is 5. The molecular weight excluding hydrogens is 390 g/mol. The van der Waals surface area contributed by atoms with Crippen molar-refractivity contribution in [1.82, 2.24) is 24.6 Å². The van der Waals surface area contributed by atoms with Crippen molar-refractivity contribution in [2.45, 2.75) is 25.3 Å². The van der Waals surface area contributed by atoms with E-state index < -0.39 is 0 Å². The van der Waals surface area contributed by atoms with Crippen LogP contribution in [0.2, 0.25) is 0 Å². The lowest BCUT2D eigenvalue weighted by Gasteiger charge is -2.33. The zero-order valence-corrected chi connectivity index (χ0v) is 17.8. The van der Waals surface area contributed by atoms with Crippen LogP contribution in [0.25, 0.3) is 11.1 Å². The lowest BCUT2D eigenvalue weighted by molar-refractivity contribution is -0.133. The van der Waals surface area contributed by atoms with Crippen molar-refractivity contribution in [2.75, 3.05) is 32.1 Å². The number of nitrogens with zero attached hydrogens (tertiary/aromatic N) is 7. The lowest BCUT2D eigenvalue weighted by atomic mass is 9.89. The Labute approximate surface area is 181 Å². The number of nitriles is 1.